The summed E-state index contributed by atoms with van der Waals surface area (Å²) in [6.45, 7) is 1.95. The first-order valence-electron chi connectivity index (χ1n) is 4.40. The third-order valence-corrected chi connectivity index (χ3v) is 2.04. The summed E-state index contributed by atoms with van der Waals surface area (Å²) >= 11 is 5.71. The Labute approximate surface area is 92.7 Å². The maximum absolute atomic E-state index is 5.71. The van der Waals surface area contributed by atoms with E-state index >= 15 is 0 Å². The zero-order valence-corrected chi connectivity index (χ0v) is 8.82. The first kappa shape index (κ1) is 9.93. The van der Waals surface area contributed by atoms with E-state index in [1.807, 2.05) is 31.2 Å². The van der Waals surface area contributed by atoms with E-state index in [9.17, 15) is 0 Å². The molecule has 0 N–H and O–H groups in total. The highest BCUT2D eigenvalue weighted by Crippen LogP contribution is 2.23. The Hall–Kier alpha value is -1.61. The van der Waals surface area contributed by atoms with Crippen molar-refractivity contribution in [2.75, 3.05) is 0 Å². The molecule has 0 amide bonds. The molecule has 1 heterocycles. The number of halogens is 1. The average molecular weight is 220 g/mol. The number of benzene rings is 1. The molecule has 0 aliphatic rings. The molecule has 0 bridgehead atoms. The van der Waals surface area contributed by atoms with Gasteiger partial charge in [-0.05, 0) is 18.6 Å². The molecule has 75 valence electrons. The maximum atomic E-state index is 5.71. The molecule has 0 saturated heterocycles. The van der Waals surface area contributed by atoms with Crippen LogP contribution in [0.15, 0.2) is 30.5 Å². The molecule has 0 unspecified atom stereocenters. The van der Waals surface area contributed by atoms with E-state index in [1.165, 1.54) is 6.20 Å². The van der Waals surface area contributed by atoms with Gasteiger partial charge in [-0.15, -0.1) is 5.10 Å². The van der Waals surface area contributed by atoms with Crippen molar-refractivity contribution in [1.82, 2.24) is 10.2 Å². The lowest BCUT2D eigenvalue weighted by Crippen LogP contribution is -1.91. The normalized spacial score (nSPS) is 10.0. The van der Waals surface area contributed by atoms with Crippen molar-refractivity contribution in [2.45, 2.75) is 6.92 Å². The Morgan fingerprint density at radius 3 is 2.87 bits per heavy atom. The number of aromatic nitrogens is 2. The van der Waals surface area contributed by atoms with Gasteiger partial charge in [0.2, 0.25) is 5.88 Å². The molecule has 1 radical (unpaired) electrons. The van der Waals surface area contributed by atoms with Crippen LogP contribution >= 0.6 is 11.6 Å². The van der Waals surface area contributed by atoms with Crippen molar-refractivity contribution < 1.29 is 4.74 Å². The molecule has 0 saturated carbocycles. The molecular weight excluding hydrogens is 212 g/mol. The van der Waals surface area contributed by atoms with Crippen LogP contribution in [0.3, 0.4) is 0 Å². The van der Waals surface area contributed by atoms with Gasteiger partial charge in [0.25, 0.3) is 0 Å². The van der Waals surface area contributed by atoms with Crippen molar-refractivity contribution in [3.8, 4) is 11.6 Å². The number of para-hydroxylation sites is 1. The van der Waals surface area contributed by atoms with Crippen LogP contribution in [0.1, 0.15) is 5.56 Å². The van der Waals surface area contributed by atoms with Crippen LogP contribution in [0.2, 0.25) is 5.02 Å². The van der Waals surface area contributed by atoms with Crippen LogP contribution in [-0.4, -0.2) is 10.2 Å². The number of nitrogens with zero attached hydrogens (tertiary/aromatic N) is 2. The van der Waals surface area contributed by atoms with E-state index in [2.05, 4.69) is 16.3 Å². The Morgan fingerprint density at radius 2 is 2.13 bits per heavy atom. The van der Waals surface area contributed by atoms with Gasteiger partial charge in [0.15, 0.2) is 0 Å². The summed E-state index contributed by atoms with van der Waals surface area (Å²) < 4.78 is 5.48. The summed E-state index contributed by atoms with van der Waals surface area (Å²) in [5, 5.41) is 7.82. The van der Waals surface area contributed by atoms with Gasteiger partial charge in [0.05, 0.1) is 17.3 Å². The lowest BCUT2D eigenvalue weighted by Gasteiger charge is -2.05. The van der Waals surface area contributed by atoms with Crippen molar-refractivity contribution in [3.63, 3.8) is 0 Å². The molecule has 0 spiro atoms. The first-order chi connectivity index (χ1) is 7.25. The number of hydrogen-bond acceptors (Lipinski definition) is 3. The third-order valence-electron chi connectivity index (χ3n) is 1.85. The average Bonchev–Trinajstić information content (AvgIpc) is 2.22. The highest BCUT2D eigenvalue weighted by molar-refractivity contribution is 6.30. The van der Waals surface area contributed by atoms with Crippen molar-refractivity contribution in [3.05, 3.63) is 47.1 Å². The number of ether oxygens (including phenoxy) is 1. The van der Waals surface area contributed by atoms with Gasteiger partial charge in [-0.25, -0.2) is 0 Å². The second-order valence-electron chi connectivity index (χ2n) is 2.99. The molecule has 2 aromatic rings. The van der Waals surface area contributed by atoms with Gasteiger partial charge in [0.1, 0.15) is 5.75 Å². The summed E-state index contributed by atoms with van der Waals surface area (Å²) in [6.07, 6.45) is 1.41. The Balaban J connectivity index is 2.26. The fourth-order valence-corrected chi connectivity index (χ4v) is 1.24. The molecular formula is C11H8ClN2O. The molecule has 1 aromatic carbocycles. The van der Waals surface area contributed by atoms with E-state index in [1.54, 1.807) is 0 Å². The second kappa shape index (κ2) is 4.28. The lowest BCUT2D eigenvalue weighted by atomic mass is 10.2. The molecule has 15 heavy (non-hydrogen) atoms. The minimum atomic E-state index is 0.275. The van der Waals surface area contributed by atoms with E-state index < -0.39 is 0 Å². The van der Waals surface area contributed by atoms with Gasteiger partial charge < -0.3 is 4.74 Å². The minimum absolute atomic E-state index is 0.275. The molecule has 0 aliphatic heterocycles. The summed E-state index contributed by atoms with van der Waals surface area (Å²) in [5.74, 6) is 1.00. The zero-order valence-electron chi connectivity index (χ0n) is 8.07. The van der Waals surface area contributed by atoms with E-state index in [-0.39, 0.29) is 5.88 Å². The second-order valence-corrected chi connectivity index (χ2v) is 3.40. The smallest absolute Gasteiger partial charge is 0.248 e. The topological polar surface area (TPSA) is 35.0 Å². The van der Waals surface area contributed by atoms with E-state index in [4.69, 9.17) is 16.3 Å². The van der Waals surface area contributed by atoms with Crippen molar-refractivity contribution in [2.24, 2.45) is 0 Å². The van der Waals surface area contributed by atoms with Gasteiger partial charge >= 0.3 is 0 Å². The Bertz CT molecular complexity index is 474. The molecule has 0 atom stereocenters. The molecule has 0 aliphatic carbocycles. The van der Waals surface area contributed by atoms with Crippen LogP contribution in [0.4, 0.5) is 0 Å². The summed E-state index contributed by atoms with van der Waals surface area (Å²) in [7, 11) is 0. The van der Waals surface area contributed by atoms with Crippen LogP contribution in [0, 0.1) is 13.0 Å². The van der Waals surface area contributed by atoms with Crippen LogP contribution in [-0.2, 0) is 0 Å². The lowest BCUT2D eigenvalue weighted by molar-refractivity contribution is 0.451. The van der Waals surface area contributed by atoms with Crippen molar-refractivity contribution in [1.29, 1.82) is 0 Å². The Morgan fingerprint density at radius 1 is 1.33 bits per heavy atom. The predicted octanol–water partition coefficient (Wildman–Crippen LogP) is 3.03. The largest absolute Gasteiger partial charge is 0.437 e. The molecule has 1 aromatic heterocycles. The molecule has 2 rings (SSSR count). The van der Waals surface area contributed by atoms with E-state index in [0.717, 1.165) is 11.3 Å². The monoisotopic (exact) mass is 219 g/mol. The first-order valence-corrected chi connectivity index (χ1v) is 4.77. The molecule has 4 heteroatoms. The van der Waals surface area contributed by atoms with Crippen molar-refractivity contribution >= 4 is 11.6 Å². The van der Waals surface area contributed by atoms with Gasteiger partial charge in [-0.1, -0.05) is 29.8 Å². The van der Waals surface area contributed by atoms with E-state index in [0.29, 0.717) is 5.02 Å². The quantitative estimate of drug-likeness (QED) is 0.779. The molecule has 0 fully saturated rings. The fourth-order valence-electron chi connectivity index (χ4n) is 1.11. The van der Waals surface area contributed by atoms with Gasteiger partial charge in [-0.2, -0.15) is 5.10 Å². The van der Waals surface area contributed by atoms with Crippen LogP contribution in [0.5, 0.6) is 11.6 Å². The highest BCUT2D eigenvalue weighted by Gasteiger charge is 2.02. The number of rotatable bonds is 2. The summed E-state index contributed by atoms with van der Waals surface area (Å²) in [5.41, 5.74) is 1.02. The maximum Gasteiger partial charge on any atom is 0.248 e. The fraction of sp³-hybridized carbons (Fsp3) is 0.0909. The highest BCUT2D eigenvalue weighted by atomic mass is 35.5. The summed E-state index contributed by atoms with van der Waals surface area (Å²) in [4.78, 5) is 0. The summed E-state index contributed by atoms with van der Waals surface area (Å²) in [6, 6.07) is 10.4. The Kier molecular flexibility index (Phi) is 2.83. The minimum Gasteiger partial charge on any atom is -0.437 e. The third kappa shape index (κ3) is 2.44. The van der Waals surface area contributed by atoms with Gasteiger partial charge in [-0.3, -0.25) is 0 Å². The van der Waals surface area contributed by atoms with Crippen LogP contribution < -0.4 is 4.74 Å². The number of aryl methyl sites for hydroxylation is 1. The van der Waals surface area contributed by atoms with Gasteiger partial charge in [0, 0.05) is 0 Å². The molecule has 3 nitrogen and oxygen atoms in total. The van der Waals surface area contributed by atoms with Crippen LogP contribution in [0.25, 0.3) is 0 Å². The zero-order chi connectivity index (χ0) is 10.7. The SMILES string of the molecule is Cc1ccccc1Oc1[c]c(Cl)cnn1. The standard InChI is InChI=1S/C11H8ClN2O/c1-8-4-2-3-5-10(8)15-11-6-9(12)7-13-14-11/h2-5,7H,1H3. The number of hydrogen-bond donors (Lipinski definition) is 0. The predicted molar refractivity (Wildman–Crippen MR) is 57.1 cm³/mol.